The predicted molar refractivity (Wildman–Crippen MR) is 111 cm³/mol. The van der Waals surface area contributed by atoms with Crippen LogP contribution in [0.4, 0.5) is 0 Å². The number of rotatable bonds is 7. The van der Waals surface area contributed by atoms with Crippen molar-refractivity contribution in [1.29, 1.82) is 0 Å². The molecule has 3 rings (SSSR count). The molecule has 0 aliphatic carbocycles. The Labute approximate surface area is 169 Å². The van der Waals surface area contributed by atoms with Gasteiger partial charge in [0.05, 0.1) is 11.1 Å². The van der Waals surface area contributed by atoms with Crippen LogP contribution in [0.3, 0.4) is 0 Å². The lowest BCUT2D eigenvalue weighted by Gasteiger charge is -2.07. The molecule has 3 aromatic carbocycles. The van der Waals surface area contributed by atoms with Crippen LogP contribution >= 0.6 is 11.6 Å². The van der Waals surface area contributed by atoms with Gasteiger partial charge < -0.3 is 4.74 Å². The molecule has 28 heavy (non-hydrogen) atoms. The van der Waals surface area contributed by atoms with E-state index in [1.807, 2.05) is 31.2 Å². The lowest BCUT2D eigenvalue weighted by molar-refractivity contribution is 0.306. The molecule has 144 valence electrons. The highest BCUT2D eigenvalue weighted by Crippen LogP contribution is 2.15. The van der Waals surface area contributed by atoms with Crippen molar-refractivity contribution >= 4 is 27.8 Å². The van der Waals surface area contributed by atoms with Gasteiger partial charge in [0.25, 0.3) is 10.0 Å². The van der Waals surface area contributed by atoms with Gasteiger partial charge in [0, 0.05) is 5.02 Å². The van der Waals surface area contributed by atoms with Crippen molar-refractivity contribution in [2.45, 2.75) is 18.4 Å². The minimum Gasteiger partial charge on any atom is -0.489 e. The second-order valence-corrected chi connectivity index (χ2v) is 8.25. The summed E-state index contributed by atoms with van der Waals surface area (Å²) in [5.74, 6) is 0.701. The summed E-state index contributed by atoms with van der Waals surface area (Å²) < 4.78 is 30.1. The van der Waals surface area contributed by atoms with E-state index in [9.17, 15) is 8.42 Å². The zero-order valence-corrected chi connectivity index (χ0v) is 16.7. The fraction of sp³-hybridized carbons (Fsp3) is 0.0952. The third kappa shape index (κ3) is 5.58. The normalized spacial score (nSPS) is 11.5. The highest BCUT2D eigenvalue weighted by molar-refractivity contribution is 7.89. The molecule has 0 aliphatic heterocycles. The molecule has 0 aliphatic rings. The van der Waals surface area contributed by atoms with Crippen molar-refractivity contribution in [2.24, 2.45) is 5.10 Å². The van der Waals surface area contributed by atoms with Crippen LogP contribution in [-0.4, -0.2) is 14.6 Å². The SMILES string of the molecule is Cc1ccc(S(=O)(=O)N/N=C\c2ccc(OCc3ccc(Cl)cc3)cc2)cc1. The fourth-order valence-corrected chi connectivity index (χ4v) is 3.26. The minimum absolute atomic E-state index is 0.168. The number of sulfonamides is 1. The molecular weight excluding hydrogens is 396 g/mol. The molecule has 0 unspecified atom stereocenters. The van der Waals surface area contributed by atoms with Crippen LogP contribution in [0.2, 0.25) is 5.02 Å². The fourth-order valence-electron chi connectivity index (χ4n) is 2.34. The third-order valence-electron chi connectivity index (χ3n) is 3.92. The maximum absolute atomic E-state index is 12.2. The Balaban J connectivity index is 1.56. The highest BCUT2D eigenvalue weighted by Gasteiger charge is 2.11. The van der Waals surface area contributed by atoms with Crippen LogP contribution < -0.4 is 9.57 Å². The van der Waals surface area contributed by atoms with Gasteiger partial charge >= 0.3 is 0 Å². The summed E-state index contributed by atoms with van der Waals surface area (Å²) in [6.45, 7) is 2.33. The molecule has 0 radical (unpaired) electrons. The Morgan fingerprint density at radius 1 is 0.964 bits per heavy atom. The maximum Gasteiger partial charge on any atom is 0.276 e. The lowest BCUT2D eigenvalue weighted by atomic mass is 10.2. The molecule has 1 N–H and O–H groups in total. The van der Waals surface area contributed by atoms with E-state index < -0.39 is 10.0 Å². The van der Waals surface area contributed by atoms with Gasteiger partial charge in [-0.2, -0.15) is 13.5 Å². The number of nitrogens with zero attached hydrogens (tertiary/aromatic N) is 1. The summed E-state index contributed by atoms with van der Waals surface area (Å²) in [5.41, 5.74) is 2.74. The van der Waals surface area contributed by atoms with Crippen molar-refractivity contribution in [1.82, 2.24) is 4.83 Å². The van der Waals surface area contributed by atoms with Crippen LogP contribution in [0.1, 0.15) is 16.7 Å². The van der Waals surface area contributed by atoms with Gasteiger partial charge in [-0.1, -0.05) is 41.4 Å². The van der Waals surface area contributed by atoms with Crippen LogP contribution in [0.15, 0.2) is 82.8 Å². The van der Waals surface area contributed by atoms with Gasteiger partial charge in [-0.25, -0.2) is 4.83 Å². The van der Waals surface area contributed by atoms with E-state index in [4.69, 9.17) is 16.3 Å². The lowest BCUT2D eigenvalue weighted by Crippen LogP contribution is -2.18. The molecule has 0 heterocycles. The van der Waals surface area contributed by atoms with E-state index in [0.29, 0.717) is 17.4 Å². The van der Waals surface area contributed by atoms with Crippen LogP contribution in [0.5, 0.6) is 5.75 Å². The van der Waals surface area contributed by atoms with Crippen molar-refractivity contribution < 1.29 is 13.2 Å². The standard InChI is InChI=1S/C21H19ClN2O3S/c1-16-2-12-21(13-3-16)28(25,26)24-23-14-17-6-10-20(11-7-17)27-15-18-4-8-19(22)9-5-18/h2-14,24H,15H2,1H3/b23-14-. The average Bonchev–Trinajstić information content (AvgIpc) is 2.69. The van der Waals surface area contributed by atoms with Crippen LogP contribution in [-0.2, 0) is 16.6 Å². The van der Waals surface area contributed by atoms with E-state index >= 15 is 0 Å². The number of hydrogen-bond acceptors (Lipinski definition) is 4. The minimum atomic E-state index is -3.68. The first kappa shape index (κ1) is 19.9. The zero-order chi connectivity index (χ0) is 20.0. The first-order chi connectivity index (χ1) is 13.4. The van der Waals surface area contributed by atoms with Crippen molar-refractivity contribution in [3.8, 4) is 5.75 Å². The van der Waals surface area contributed by atoms with E-state index in [0.717, 1.165) is 16.7 Å². The molecule has 0 saturated heterocycles. The number of hydrazone groups is 1. The molecular formula is C21H19ClN2O3S. The highest BCUT2D eigenvalue weighted by atomic mass is 35.5. The van der Waals surface area contributed by atoms with Crippen molar-refractivity contribution in [2.75, 3.05) is 0 Å². The molecule has 3 aromatic rings. The van der Waals surface area contributed by atoms with Crippen LogP contribution in [0, 0.1) is 6.92 Å². The Morgan fingerprint density at radius 2 is 1.61 bits per heavy atom. The van der Waals surface area contributed by atoms with Gasteiger partial charge in [0.15, 0.2) is 0 Å². The monoisotopic (exact) mass is 414 g/mol. The molecule has 7 heteroatoms. The Hall–Kier alpha value is -2.83. The van der Waals surface area contributed by atoms with Gasteiger partial charge in [0.2, 0.25) is 0 Å². The average molecular weight is 415 g/mol. The molecule has 0 aromatic heterocycles. The Kier molecular flexibility index (Phi) is 6.34. The smallest absolute Gasteiger partial charge is 0.276 e. The number of nitrogens with one attached hydrogen (secondary N) is 1. The first-order valence-electron chi connectivity index (χ1n) is 8.51. The zero-order valence-electron chi connectivity index (χ0n) is 15.2. The van der Waals surface area contributed by atoms with Crippen LogP contribution in [0.25, 0.3) is 0 Å². The molecule has 0 saturated carbocycles. The summed E-state index contributed by atoms with van der Waals surface area (Å²) in [6, 6.07) is 21.2. The van der Waals surface area contributed by atoms with Gasteiger partial charge in [-0.15, -0.1) is 0 Å². The van der Waals surface area contributed by atoms with Crippen molar-refractivity contribution in [3.05, 3.63) is 94.5 Å². The molecule has 0 amide bonds. The van der Waals surface area contributed by atoms with E-state index in [2.05, 4.69) is 9.93 Å². The largest absolute Gasteiger partial charge is 0.489 e. The summed E-state index contributed by atoms with van der Waals surface area (Å²) in [4.78, 5) is 2.38. The maximum atomic E-state index is 12.2. The molecule has 0 fully saturated rings. The molecule has 0 atom stereocenters. The van der Waals surface area contributed by atoms with Gasteiger partial charge in [-0.3, -0.25) is 0 Å². The summed E-state index contributed by atoms with van der Waals surface area (Å²) in [5, 5.41) is 4.51. The Bertz CT molecular complexity index is 1050. The summed E-state index contributed by atoms with van der Waals surface area (Å²) in [7, 11) is -3.68. The molecule has 0 bridgehead atoms. The molecule has 0 spiro atoms. The predicted octanol–water partition coefficient (Wildman–Crippen LogP) is 4.54. The molecule has 5 nitrogen and oxygen atoms in total. The van der Waals surface area contributed by atoms with E-state index in [1.165, 1.54) is 6.21 Å². The van der Waals surface area contributed by atoms with E-state index in [-0.39, 0.29) is 4.90 Å². The number of hydrogen-bond donors (Lipinski definition) is 1. The first-order valence-corrected chi connectivity index (χ1v) is 10.4. The second kappa shape index (κ2) is 8.91. The number of ether oxygens (including phenoxy) is 1. The van der Waals surface area contributed by atoms with Gasteiger partial charge in [-0.05, 0) is 66.6 Å². The van der Waals surface area contributed by atoms with Crippen molar-refractivity contribution in [3.63, 3.8) is 0 Å². The summed E-state index contributed by atoms with van der Waals surface area (Å²) in [6.07, 6.45) is 1.44. The van der Waals surface area contributed by atoms with Gasteiger partial charge in [0.1, 0.15) is 12.4 Å². The number of benzene rings is 3. The number of aryl methyl sites for hydroxylation is 1. The Morgan fingerprint density at radius 3 is 2.25 bits per heavy atom. The summed E-state index contributed by atoms with van der Waals surface area (Å²) >= 11 is 5.86. The topological polar surface area (TPSA) is 67.8 Å². The van der Waals surface area contributed by atoms with E-state index in [1.54, 1.807) is 48.5 Å². The second-order valence-electron chi connectivity index (χ2n) is 6.15. The number of halogens is 1. The quantitative estimate of drug-likeness (QED) is 0.456. The third-order valence-corrected chi connectivity index (χ3v) is 5.41.